The molecule has 0 aliphatic carbocycles. The normalized spacial score (nSPS) is 16.8. The number of thiocarbonyl (C=S) groups is 1. The van der Waals surface area contributed by atoms with E-state index < -0.39 is 30.3 Å². The summed E-state index contributed by atoms with van der Waals surface area (Å²) >= 11 is 6.05. The molecule has 1 heterocycles. The molecular weight excluding hydrogens is 378 g/mol. The van der Waals surface area contributed by atoms with Gasteiger partial charge in [-0.1, -0.05) is 36.1 Å². The fourth-order valence-electron chi connectivity index (χ4n) is 2.33. The van der Waals surface area contributed by atoms with Gasteiger partial charge in [0.25, 0.3) is 5.91 Å². The Hall–Kier alpha value is -2.39. The number of benzene rings is 1. The fraction of sp³-hybridized carbons (Fsp3) is 0.294. The van der Waals surface area contributed by atoms with Gasteiger partial charge in [-0.2, -0.15) is 0 Å². The number of hydrogen-bond acceptors (Lipinski definition) is 8. The van der Waals surface area contributed by atoms with Crippen LogP contribution in [-0.2, 0) is 14.4 Å². The van der Waals surface area contributed by atoms with E-state index in [1.807, 2.05) is 6.92 Å². The highest BCUT2D eigenvalue weighted by atomic mass is 32.2. The van der Waals surface area contributed by atoms with Crippen LogP contribution in [0.3, 0.4) is 0 Å². The van der Waals surface area contributed by atoms with Gasteiger partial charge in [0.1, 0.15) is 10.1 Å². The number of aliphatic carboxylic acids is 2. The Labute approximate surface area is 159 Å². The molecule has 1 aliphatic heterocycles. The monoisotopic (exact) mass is 393 g/mol. The molecule has 0 saturated carbocycles. The maximum Gasteiger partial charge on any atom is 0.266 e. The molecule has 1 aromatic carbocycles. The topological polar surface area (TPSA) is 110 Å². The maximum absolute atomic E-state index is 12.6. The summed E-state index contributed by atoms with van der Waals surface area (Å²) in [6.45, 7) is 2.40. The summed E-state index contributed by atoms with van der Waals surface area (Å²) in [6, 6.07) is 5.56. The largest absolute Gasteiger partial charge is 0.550 e. The van der Waals surface area contributed by atoms with E-state index in [9.17, 15) is 24.6 Å². The standard InChI is InChI=1S/C17H17NO6S2/c1-2-24-11-5-3-10(4-6-11)9-13-15(21)18(17(25)26-13)12(16(22)23)7-8-14(19)20/h3-6,9,12H,2,7-8H2,1H3,(H,19,20)(H,22,23)/p-2/b13-9-/t12-/m1/s1. The highest BCUT2D eigenvalue weighted by molar-refractivity contribution is 8.26. The second kappa shape index (κ2) is 8.81. The van der Waals surface area contributed by atoms with Crippen LogP contribution in [0, 0.1) is 0 Å². The van der Waals surface area contributed by atoms with Gasteiger partial charge >= 0.3 is 0 Å². The van der Waals surface area contributed by atoms with Gasteiger partial charge in [-0.25, -0.2) is 0 Å². The van der Waals surface area contributed by atoms with Crippen LogP contribution >= 0.6 is 24.0 Å². The minimum Gasteiger partial charge on any atom is -0.550 e. The lowest BCUT2D eigenvalue weighted by Crippen LogP contribution is -2.50. The Kier molecular flexibility index (Phi) is 6.76. The lowest BCUT2D eigenvalue weighted by Gasteiger charge is -2.27. The number of carbonyl (C=O) groups is 3. The van der Waals surface area contributed by atoms with Crippen molar-refractivity contribution in [3.05, 3.63) is 34.7 Å². The Morgan fingerprint density at radius 2 is 1.96 bits per heavy atom. The van der Waals surface area contributed by atoms with E-state index in [1.165, 1.54) is 0 Å². The van der Waals surface area contributed by atoms with Gasteiger partial charge < -0.3 is 24.5 Å². The van der Waals surface area contributed by atoms with E-state index >= 15 is 0 Å². The Morgan fingerprint density at radius 1 is 1.31 bits per heavy atom. The van der Waals surface area contributed by atoms with E-state index in [0.29, 0.717) is 17.9 Å². The zero-order chi connectivity index (χ0) is 19.3. The van der Waals surface area contributed by atoms with Crippen LogP contribution in [0.2, 0.25) is 0 Å². The molecule has 0 bridgehead atoms. The van der Waals surface area contributed by atoms with Crippen molar-refractivity contribution in [2.45, 2.75) is 25.8 Å². The predicted octanol–water partition coefficient (Wildman–Crippen LogP) is -0.0649. The van der Waals surface area contributed by atoms with Gasteiger partial charge in [0.05, 0.1) is 23.5 Å². The van der Waals surface area contributed by atoms with E-state index in [2.05, 4.69) is 0 Å². The lowest BCUT2D eigenvalue weighted by atomic mass is 10.1. The molecule has 0 aromatic heterocycles. The SMILES string of the molecule is CCOc1ccc(/C=C2\SC(=S)N([C@H](CCC(=O)[O-])C(=O)[O-])C2=O)cc1. The first kappa shape index (κ1) is 19.9. The van der Waals surface area contributed by atoms with Gasteiger partial charge in [-0.05, 0) is 43.5 Å². The maximum atomic E-state index is 12.6. The third kappa shape index (κ3) is 4.83. The molecule has 0 N–H and O–H groups in total. The molecule has 1 saturated heterocycles. The van der Waals surface area contributed by atoms with Crippen molar-refractivity contribution in [3.8, 4) is 5.75 Å². The third-order valence-electron chi connectivity index (χ3n) is 3.52. The van der Waals surface area contributed by atoms with Crippen molar-refractivity contribution in [2.75, 3.05) is 6.61 Å². The van der Waals surface area contributed by atoms with Gasteiger partial charge in [0.15, 0.2) is 0 Å². The summed E-state index contributed by atoms with van der Waals surface area (Å²) in [7, 11) is 0. The number of rotatable bonds is 8. The molecule has 1 atom stereocenters. The number of amides is 1. The Balaban J connectivity index is 2.20. The molecule has 1 amide bonds. The highest BCUT2D eigenvalue weighted by Gasteiger charge is 2.37. The summed E-state index contributed by atoms with van der Waals surface area (Å²) in [4.78, 5) is 35.6. The fourth-order valence-corrected chi connectivity index (χ4v) is 3.69. The third-order valence-corrected chi connectivity index (χ3v) is 4.85. The number of hydrogen-bond donors (Lipinski definition) is 0. The van der Waals surface area contributed by atoms with Crippen LogP contribution in [0.4, 0.5) is 0 Å². The molecule has 0 radical (unpaired) electrons. The molecule has 26 heavy (non-hydrogen) atoms. The average Bonchev–Trinajstić information content (AvgIpc) is 2.84. The minimum atomic E-state index is -1.56. The van der Waals surface area contributed by atoms with Crippen molar-refractivity contribution in [3.63, 3.8) is 0 Å². The first-order valence-electron chi connectivity index (χ1n) is 7.74. The van der Waals surface area contributed by atoms with Gasteiger partial charge in [-0.15, -0.1) is 0 Å². The van der Waals surface area contributed by atoms with Crippen molar-refractivity contribution in [1.29, 1.82) is 0 Å². The van der Waals surface area contributed by atoms with Crippen molar-refractivity contribution < 1.29 is 29.3 Å². The van der Waals surface area contributed by atoms with Crippen LogP contribution in [0.1, 0.15) is 25.3 Å². The summed E-state index contributed by atoms with van der Waals surface area (Å²) in [5, 5.41) is 21.9. The van der Waals surface area contributed by atoms with E-state index in [1.54, 1.807) is 30.3 Å². The quantitative estimate of drug-likeness (QED) is 0.446. The van der Waals surface area contributed by atoms with Crippen LogP contribution < -0.4 is 14.9 Å². The Morgan fingerprint density at radius 3 is 2.50 bits per heavy atom. The van der Waals surface area contributed by atoms with Crippen LogP contribution in [0.15, 0.2) is 29.2 Å². The molecule has 9 heteroatoms. The molecule has 0 spiro atoms. The number of nitrogens with zero attached hydrogens (tertiary/aromatic N) is 1. The summed E-state index contributed by atoms with van der Waals surface area (Å²) < 4.78 is 5.38. The van der Waals surface area contributed by atoms with Crippen LogP contribution in [-0.4, -0.2) is 39.7 Å². The zero-order valence-electron chi connectivity index (χ0n) is 13.8. The predicted molar refractivity (Wildman–Crippen MR) is 95.7 cm³/mol. The van der Waals surface area contributed by atoms with E-state index in [-0.39, 0.29) is 15.6 Å². The molecule has 1 aromatic rings. The molecule has 138 valence electrons. The summed E-state index contributed by atoms with van der Waals surface area (Å²) in [5.41, 5.74) is 0.716. The van der Waals surface area contributed by atoms with Crippen LogP contribution in [0.5, 0.6) is 5.75 Å². The summed E-state index contributed by atoms with van der Waals surface area (Å²) in [6.07, 6.45) is 0.723. The van der Waals surface area contributed by atoms with Crippen molar-refractivity contribution >= 4 is 52.2 Å². The molecule has 1 fully saturated rings. The molecule has 2 rings (SSSR count). The molecule has 1 aliphatic rings. The van der Waals surface area contributed by atoms with Crippen molar-refractivity contribution in [1.82, 2.24) is 4.90 Å². The minimum absolute atomic E-state index is 0.0414. The first-order valence-corrected chi connectivity index (χ1v) is 8.96. The molecule has 0 unspecified atom stereocenters. The average molecular weight is 393 g/mol. The first-order chi connectivity index (χ1) is 12.3. The zero-order valence-corrected chi connectivity index (χ0v) is 15.4. The Bertz CT molecular complexity index is 759. The smallest absolute Gasteiger partial charge is 0.266 e. The number of carboxylic acid groups (broad SMARTS) is 2. The number of carbonyl (C=O) groups excluding carboxylic acids is 3. The molecular formula is C17H15NO6S2-2. The van der Waals surface area contributed by atoms with E-state index in [4.69, 9.17) is 17.0 Å². The summed E-state index contributed by atoms with van der Waals surface area (Å²) in [5.74, 6) is -2.88. The van der Waals surface area contributed by atoms with Gasteiger partial charge in [-0.3, -0.25) is 9.69 Å². The second-order valence-corrected chi connectivity index (χ2v) is 6.98. The lowest BCUT2D eigenvalue weighted by molar-refractivity contribution is -0.311. The number of ether oxygens (including phenoxy) is 1. The number of thioether (sulfide) groups is 1. The van der Waals surface area contributed by atoms with Crippen molar-refractivity contribution in [2.24, 2.45) is 0 Å². The second-order valence-electron chi connectivity index (χ2n) is 5.30. The van der Waals surface area contributed by atoms with E-state index in [0.717, 1.165) is 16.7 Å². The van der Waals surface area contributed by atoms with Gasteiger partial charge in [0, 0.05) is 5.97 Å². The van der Waals surface area contributed by atoms with Gasteiger partial charge in [0.2, 0.25) is 0 Å². The molecule has 7 nitrogen and oxygen atoms in total. The highest BCUT2D eigenvalue weighted by Crippen LogP contribution is 2.34. The van der Waals surface area contributed by atoms with Crippen LogP contribution in [0.25, 0.3) is 6.08 Å². The number of carboxylic acids is 2.